The molecular weight excluding hydrogens is 240 g/mol. The second-order valence-corrected chi connectivity index (χ2v) is 4.02. The molecule has 0 aliphatic heterocycles. The van der Waals surface area contributed by atoms with Gasteiger partial charge in [-0.2, -0.15) is 0 Å². The predicted octanol–water partition coefficient (Wildman–Crippen LogP) is 3.71. The molecule has 0 fully saturated rings. The second-order valence-electron chi connectivity index (χ2n) is 4.02. The molecule has 19 heavy (non-hydrogen) atoms. The lowest BCUT2D eigenvalue weighted by molar-refractivity contribution is -0.134. The highest BCUT2D eigenvalue weighted by atomic mass is 16.5. The van der Waals surface area contributed by atoms with Gasteiger partial charge in [0.1, 0.15) is 5.75 Å². The van der Waals surface area contributed by atoms with E-state index in [-0.39, 0.29) is 12.4 Å². The number of hydrogen-bond acceptors (Lipinski definition) is 3. The van der Waals surface area contributed by atoms with Gasteiger partial charge in [0.05, 0.1) is 6.42 Å². The molecule has 2 aromatic rings. The van der Waals surface area contributed by atoms with Crippen LogP contribution in [0.1, 0.15) is 12.0 Å². The molecule has 0 bridgehead atoms. The van der Waals surface area contributed by atoms with E-state index in [1.54, 1.807) is 24.3 Å². The highest BCUT2D eigenvalue weighted by Gasteiger charge is 2.14. The van der Waals surface area contributed by atoms with E-state index in [1.807, 2.05) is 30.3 Å². The fourth-order valence-corrected chi connectivity index (χ4v) is 1.73. The van der Waals surface area contributed by atoms with Gasteiger partial charge in [-0.05, 0) is 18.6 Å². The summed E-state index contributed by atoms with van der Waals surface area (Å²) in [4.78, 5) is 14.9. The van der Waals surface area contributed by atoms with E-state index < -0.39 is 0 Å². The van der Waals surface area contributed by atoms with Gasteiger partial charge in [0.15, 0.2) is 4.98 Å². The number of para-hydroxylation sites is 1. The van der Waals surface area contributed by atoms with Gasteiger partial charge in [0.2, 0.25) is 5.39 Å². The third-order valence-electron chi connectivity index (χ3n) is 2.67. The molecule has 0 amide bonds. The van der Waals surface area contributed by atoms with Crippen LogP contribution < -0.4 is 4.74 Å². The van der Waals surface area contributed by atoms with Crippen molar-refractivity contribution in [1.82, 2.24) is 0 Å². The van der Waals surface area contributed by atoms with Gasteiger partial charge < -0.3 is 4.74 Å². The first-order valence-corrected chi connectivity index (χ1v) is 5.98. The zero-order valence-electron chi connectivity index (χ0n) is 10.3. The molecule has 0 aliphatic rings. The minimum Gasteiger partial charge on any atom is -0.427 e. The number of rotatable bonds is 4. The number of ether oxygens (including phenoxy) is 1. The zero-order chi connectivity index (χ0) is 13.5. The second kappa shape index (κ2) is 6.31. The van der Waals surface area contributed by atoms with E-state index in [9.17, 15) is 4.79 Å². The molecule has 0 atom stereocenters. The highest BCUT2D eigenvalue weighted by molar-refractivity contribution is 5.73. The van der Waals surface area contributed by atoms with E-state index in [0.29, 0.717) is 17.9 Å². The Morgan fingerprint density at radius 3 is 2.47 bits per heavy atom. The maximum atomic E-state index is 11.7. The average molecular weight is 253 g/mol. The normalized spacial score (nSPS) is 9.63. The minimum absolute atomic E-state index is 0.238. The quantitative estimate of drug-likeness (QED) is 0.474. The molecule has 2 aromatic carbocycles. The van der Waals surface area contributed by atoms with Crippen LogP contribution >= 0.6 is 0 Å². The van der Waals surface area contributed by atoms with Crippen LogP contribution in [0.25, 0.3) is 4.98 Å². The number of diazo groups is 1. The fourth-order valence-electron chi connectivity index (χ4n) is 1.73. The Morgan fingerprint density at radius 2 is 1.74 bits per heavy atom. The van der Waals surface area contributed by atoms with Crippen LogP contribution in [0.4, 0.5) is 5.69 Å². The molecule has 4 nitrogen and oxygen atoms in total. The van der Waals surface area contributed by atoms with Crippen LogP contribution in [0.2, 0.25) is 0 Å². The van der Waals surface area contributed by atoms with Crippen LogP contribution in [0.5, 0.6) is 5.75 Å². The van der Waals surface area contributed by atoms with Crippen molar-refractivity contribution in [3.8, 4) is 5.75 Å². The van der Waals surface area contributed by atoms with E-state index in [0.717, 1.165) is 5.56 Å². The largest absolute Gasteiger partial charge is 0.427 e. The van der Waals surface area contributed by atoms with E-state index >= 15 is 0 Å². The number of carbonyl (C=O) groups excluding carboxylic acids is 1. The summed E-state index contributed by atoms with van der Waals surface area (Å²) in [6.45, 7) is 0. The molecule has 0 spiro atoms. The summed E-state index contributed by atoms with van der Waals surface area (Å²) >= 11 is 0. The van der Waals surface area contributed by atoms with Crippen molar-refractivity contribution < 1.29 is 9.53 Å². The first-order chi connectivity index (χ1) is 9.29. The fraction of sp³-hybridized carbons (Fsp3) is 0.133. The molecule has 0 N–H and O–H groups in total. The van der Waals surface area contributed by atoms with Gasteiger partial charge in [0.25, 0.3) is 0 Å². The van der Waals surface area contributed by atoms with Crippen molar-refractivity contribution in [2.45, 2.75) is 12.8 Å². The van der Waals surface area contributed by atoms with Crippen molar-refractivity contribution in [2.24, 2.45) is 0 Å². The molecule has 0 unspecified atom stereocenters. The Labute approximate surface area is 111 Å². The van der Waals surface area contributed by atoms with Crippen LogP contribution in [0.3, 0.4) is 0 Å². The third kappa shape index (κ3) is 3.65. The average Bonchev–Trinajstić information content (AvgIpc) is 2.46. The topological polar surface area (TPSA) is 54.5 Å². The molecular formula is C15H13N2O2+. The molecule has 0 aliphatic carbocycles. The summed E-state index contributed by atoms with van der Waals surface area (Å²) in [5, 5.41) is 8.83. The van der Waals surface area contributed by atoms with Gasteiger partial charge in [0, 0.05) is 11.6 Å². The Kier molecular flexibility index (Phi) is 4.25. The Hall–Kier alpha value is -2.67. The Bertz CT molecular complexity index is 603. The maximum absolute atomic E-state index is 11.7. The third-order valence-corrected chi connectivity index (χ3v) is 2.67. The molecule has 0 saturated carbocycles. The van der Waals surface area contributed by atoms with Crippen LogP contribution in [0.15, 0.2) is 54.6 Å². The number of hydrogen-bond donors (Lipinski definition) is 0. The summed E-state index contributed by atoms with van der Waals surface area (Å²) in [6.07, 6.45) is 0.716. The standard InChI is InChI=1S/C15H13N2O2/c16-17-14-9-5-4-6-12(14)10-11-15(18)19-13-7-2-1-3-8-13/h1-9H,10-11H2/q+1. The Balaban J connectivity index is 1.92. The first kappa shape index (κ1) is 12.8. The molecule has 0 radical (unpaired) electrons. The van der Waals surface area contributed by atoms with Crippen molar-refractivity contribution in [3.05, 3.63) is 65.1 Å². The monoisotopic (exact) mass is 253 g/mol. The summed E-state index contributed by atoms with van der Waals surface area (Å²) in [5.41, 5.74) is 1.30. The van der Waals surface area contributed by atoms with E-state index in [4.69, 9.17) is 10.1 Å². The smallest absolute Gasteiger partial charge is 0.388 e. The summed E-state index contributed by atoms with van der Waals surface area (Å²) in [7, 11) is 0. The summed E-state index contributed by atoms with van der Waals surface area (Å²) < 4.78 is 5.18. The van der Waals surface area contributed by atoms with Crippen molar-refractivity contribution >= 4 is 11.7 Å². The lowest BCUT2D eigenvalue weighted by Crippen LogP contribution is -2.08. The predicted molar refractivity (Wildman–Crippen MR) is 71.6 cm³/mol. The van der Waals surface area contributed by atoms with E-state index in [2.05, 4.69) is 4.98 Å². The van der Waals surface area contributed by atoms with Crippen molar-refractivity contribution in [1.29, 1.82) is 5.39 Å². The van der Waals surface area contributed by atoms with Crippen LogP contribution in [-0.2, 0) is 11.2 Å². The molecule has 94 valence electrons. The molecule has 0 heterocycles. The lowest BCUT2D eigenvalue weighted by atomic mass is 10.1. The SMILES string of the molecule is N#[N+]c1ccccc1CCC(=O)Oc1ccccc1. The van der Waals surface area contributed by atoms with Gasteiger partial charge in [-0.1, -0.05) is 36.4 Å². The zero-order valence-corrected chi connectivity index (χ0v) is 10.3. The van der Waals surface area contributed by atoms with Gasteiger partial charge >= 0.3 is 11.7 Å². The van der Waals surface area contributed by atoms with Gasteiger partial charge in [-0.25, -0.2) is 0 Å². The van der Waals surface area contributed by atoms with E-state index in [1.165, 1.54) is 0 Å². The summed E-state index contributed by atoms with van der Waals surface area (Å²) in [5.74, 6) is 0.228. The van der Waals surface area contributed by atoms with Gasteiger partial charge in [-0.3, -0.25) is 4.79 Å². The van der Waals surface area contributed by atoms with Crippen LogP contribution in [0, 0.1) is 5.39 Å². The number of benzene rings is 2. The van der Waals surface area contributed by atoms with Crippen molar-refractivity contribution in [2.75, 3.05) is 0 Å². The van der Waals surface area contributed by atoms with Gasteiger partial charge in [-0.15, -0.1) is 0 Å². The minimum atomic E-state index is -0.307. The van der Waals surface area contributed by atoms with Crippen molar-refractivity contribution in [3.63, 3.8) is 0 Å². The maximum Gasteiger partial charge on any atom is 0.388 e. The molecule has 2 rings (SSSR count). The lowest BCUT2D eigenvalue weighted by Gasteiger charge is -2.03. The molecule has 4 heteroatoms. The number of aryl methyl sites for hydroxylation is 1. The van der Waals surface area contributed by atoms with Crippen LogP contribution in [-0.4, -0.2) is 5.97 Å². The Morgan fingerprint density at radius 1 is 1.05 bits per heavy atom. The molecule has 0 aromatic heterocycles. The number of carbonyl (C=O) groups is 1. The first-order valence-electron chi connectivity index (χ1n) is 5.98. The highest BCUT2D eigenvalue weighted by Crippen LogP contribution is 2.20. The summed E-state index contributed by atoms with van der Waals surface area (Å²) in [6, 6.07) is 16.1. The molecule has 0 saturated heterocycles. The number of esters is 1. The number of nitrogens with zero attached hydrogens (tertiary/aromatic N) is 2.